The molecule has 114 valence electrons. The smallest absolute Gasteiger partial charge is 0.252 e. The summed E-state index contributed by atoms with van der Waals surface area (Å²) in [5.74, 6) is 0.786. The van der Waals surface area contributed by atoms with Crippen molar-refractivity contribution in [1.82, 2.24) is 4.98 Å². The van der Waals surface area contributed by atoms with Gasteiger partial charge in [-0.05, 0) is 24.6 Å². The summed E-state index contributed by atoms with van der Waals surface area (Å²) in [6.07, 6.45) is 1.45. The Kier molecular flexibility index (Phi) is 4.18. The Bertz CT molecular complexity index is 748. The number of hydrazone groups is 1. The van der Waals surface area contributed by atoms with Gasteiger partial charge in [0.15, 0.2) is 0 Å². The Morgan fingerprint density at radius 3 is 2.73 bits per heavy atom. The van der Waals surface area contributed by atoms with Gasteiger partial charge in [-0.15, -0.1) is 0 Å². The molecule has 0 aliphatic carbocycles. The molecule has 2 rings (SSSR count). The van der Waals surface area contributed by atoms with Crippen LogP contribution in [0.25, 0.3) is 0 Å². The van der Waals surface area contributed by atoms with E-state index in [2.05, 4.69) is 15.5 Å². The molecule has 0 aliphatic heterocycles. The molecule has 0 amide bonds. The number of nitrogens with zero attached hydrogens (tertiary/aromatic N) is 3. The zero-order chi connectivity index (χ0) is 16.3. The minimum atomic E-state index is -0.301. The lowest BCUT2D eigenvalue weighted by atomic mass is 9.97. The summed E-state index contributed by atoms with van der Waals surface area (Å²) in [6.45, 7) is 7.72. The zero-order valence-electron chi connectivity index (χ0n) is 13.0. The van der Waals surface area contributed by atoms with E-state index in [1.807, 2.05) is 39.8 Å². The minimum absolute atomic E-state index is 0.138. The number of hydrogen-bond acceptors (Lipinski definition) is 6. The molecule has 0 saturated carbocycles. The van der Waals surface area contributed by atoms with Gasteiger partial charge in [0.25, 0.3) is 5.88 Å². The number of nitrogens with one attached hydrogen (secondary N) is 1. The third-order valence-electron chi connectivity index (χ3n) is 2.93. The fraction of sp³-hybridized carbons (Fsp3) is 0.312. The molecule has 0 bridgehead atoms. The Labute approximate surface area is 129 Å². The third kappa shape index (κ3) is 3.44. The first-order valence-corrected chi connectivity index (χ1v) is 6.81. The van der Waals surface area contributed by atoms with Crippen LogP contribution in [0, 0.1) is 18.3 Å². The Morgan fingerprint density at radius 1 is 1.41 bits per heavy atom. The average molecular weight is 298 g/mol. The van der Waals surface area contributed by atoms with Crippen LogP contribution >= 0.6 is 0 Å². The summed E-state index contributed by atoms with van der Waals surface area (Å²) in [7, 11) is 0. The Morgan fingerprint density at radius 2 is 2.14 bits per heavy atom. The predicted octanol–water partition coefficient (Wildman–Crippen LogP) is 3.30. The molecular weight excluding hydrogens is 280 g/mol. The highest BCUT2D eigenvalue weighted by molar-refractivity contribution is 5.83. The molecular formula is C16H18N4O2. The quantitative estimate of drug-likeness (QED) is 0.669. The molecule has 2 aromatic rings. The maximum atomic E-state index is 9.79. The molecule has 6 nitrogen and oxygen atoms in total. The van der Waals surface area contributed by atoms with Gasteiger partial charge < -0.3 is 9.52 Å². The van der Waals surface area contributed by atoms with Gasteiger partial charge in [0.1, 0.15) is 11.8 Å². The van der Waals surface area contributed by atoms with Crippen molar-refractivity contribution < 1.29 is 9.52 Å². The van der Waals surface area contributed by atoms with Gasteiger partial charge in [-0.3, -0.25) is 0 Å². The molecule has 22 heavy (non-hydrogen) atoms. The number of oxazole rings is 1. The first-order valence-electron chi connectivity index (χ1n) is 6.81. The van der Waals surface area contributed by atoms with Crippen molar-refractivity contribution in [2.75, 3.05) is 5.43 Å². The van der Waals surface area contributed by atoms with Gasteiger partial charge in [-0.1, -0.05) is 26.8 Å². The van der Waals surface area contributed by atoms with Gasteiger partial charge in [0.2, 0.25) is 11.6 Å². The number of hydrogen-bond donors (Lipinski definition) is 2. The van der Waals surface area contributed by atoms with Gasteiger partial charge in [0.05, 0.1) is 6.21 Å². The van der Waals surface area contributed by atoms with E-state index in [9.17, 15) is 5.11 Å². The maximum Gasteiger partial charge on any atom is 0.252 e. The third-order valence-corrected chi connectivity index (χ3v) is 2.93. The van der Waals surface area contributed by atoms with Gasteiger partial charge in [-0.25, -0.2) is 5.43 Å². The number of nitriles is 1. The summed E-state index contributed by atoms with van der Waals surface area (Å²) >= 11 is 0. The van der Waals surface area contributed by atoms with Crippen LogP contribution in [0.2, 0.25) is 0 Å². The second-order valence-electron chi connectivity index (χ2n) is 5.99. The Balaban J connectivity index is 2.19. The SMILES string of the molecule is Cc1ccc(C=NNc2oc(C(C)(C)C)nc2C#N)c(O)c1. The van der Waals surface area contributed by atoms with Crippen molar-refractivity contribution in [2.24, 2.45) is 5.10 Å². The van der Waals surface area contributed by atoms with E-state index in [-0.39, 0.29) is 22.7 Å². The number of anilines is 1. The van der Waals surface area contributed by atoms with E-state index < -0.39 is 0 Å². The van der Waals surface area contributed by atoms with E-state index in [1.165, 1.54) is 6.21 Å². The minimum Gasteiger partial charge on any atom is -0.507 e. The second-order valence-corrected chi connectivity index (χ2v) is 5.99. The molecule has 1 heterocycles. The normalized spacial score (nSPS) is 11.6. The number of aromatic hydroxyl groups is 1. The first-order chi connectivity index (χ1) is 10.3. The van der Waals surface area contributed by atoms with E-state index in [1.54, 1.807) is 12.1 Å². The fourth-order valence-electron chi connectivity index (χ4n) is 1.72. The van der Waals surface area contributed by atoms with Crippen molar-refractivity contribution in [1.29, 1.82) is 5.26 Å². The molecule has 2 N–H and O–H groups in total. The van der Waals surface area contributed by atoms with Crippen LogP contribution in [0.1, 0.15) is 43.5 Å². The molecule has 0 spiro atoms. The van der Waals surface area contributed by atoms with Crippen LogP contribution < -0.4 is 5.43 Å². The van der Waals surface area contributed by atoms with Crippen LogP contribution in [-0.4, -0.2) is 16.3 Å². The number of phenolic OH excluding ortho intramolecular Hbond substituents is 1. The van der Waals surface area contributed by atoms with Gasteiger partial charge in [-0.2, -0.15) is 15.3 Å². The van der Waals surface area contributed by atoms with E-state index in [4.69, 9.17) is 9.68 Å². The van der Waals surface area contributed by atoms with Crippen LogP contribution in [0.15, 0.2) is 27.7 Å². The molecule has 1 aromatic heterocycles. The predicted molar refractivity (Wildman–Crippen MR) is 84.0 cm³/mol. The average Bonchev–Trinajstić information content (AvgIpc) is 2.84. The zero-order valence-corrected chi connectivity index (χ0v) is 13.0. The molecule has 0 fully saturated rings. The molecule has 0 radical (unpaired) electrons. The van der Waals surface area contributed by atoms with Crippen LogP contribution in [0.5, 0.6) is 5.75 Å². The lowest BCUT2D eigenvalue weighted by Crippen LogP contribution is -2.11. The highest BCUT2D eigenvalue weighted by Gasteiger charge is 2.23. The number of benzene rings is 1. The first kappa shape index (κ1) is 15.6. The lowest BCUT2D eigenvalue weighted by Gasteiger charge is -2.11. The number of rotatable bonds is 3. The number of aryl methyl sites for hydroxylation is 1. The largest absolute Gasteiger partial charge is 0.507 e. The monoisotopic (exact) mass is 298 g/mol. The maximum absolute atomic E-state index is 9.79. The summed E-state index contributed by atoms with van der Waals surface area (Å²) in [4.78, 5) is 4.14. The molecule has 6 heteroatoms. The van der Waals surface area contributed by atoms with Crippen LogP contribution in [0.3, 0.4) is 0 Å². The van der Waals surface area contributed by atoms with E-state index in [0.717, 1.165) is 5.56 Å². The lowest BCUT2D eigenvalue weighted by molar-refractivity contribution is 0.399. The molecule has 0 aliphatic rings. The second kappa shape index (κ2) is 5.90. The summed E-state index contributed by atoms with van der Waals surface area (Å²) in [6, 6.07) is 7.23. The summed E-state index contributed by atoms with van der Waals surface area (Å²) in [5.41, 5.74) is 4.02. The fourth-order valence-corrected chi connectivity index (χ4v) is 1.72. The van der Waals surface area contributed by atoms with Crippen molar-refractivity contribution in [3.8, 4) is 11.8 Å². The summed E-state index contributed by atoms with van der Waals surface area (Å²) < 4.78 is 5.54. The molecule has 1 aromatic carbocycles. The molecule has 0 saturated heterocycles. The highest BCUT2D eigenvalue weighted by Crippen LogP contribution is 2.26. The van der Waals surface area contributed by atoms with Gasteiger partial charge in [0, 0.05) is 11.0 Å². The van der Waals surface area contributed by atoms with Crippen LogP contribution in [-0.2, 0) is 5.41 Å². The van der Waals surface area contributed by atoms with E-state index in [0.29, 0.717) is 11.5 Å². The van der Waals surface area contributed by atoms with E-state index >= 15 is 0 Å². The topological polar surface area (TPSA) is 94.4 Å². The Hall–Kier alpha value is -2.81. The van der Waals surface area contributed by atoms with Crippen LogP contribution in [0.4, 0.5) is 5.88 Å². The highest BCUT2D eigenvalue weighted by atomic mass is 16.4. The summed E-state index contributed by atoms with van der Waals surface area (Å²) in [5, 5.41) is 22.9. The standard InChI is InChI=1S/C16H18N4O2/c1-10-5-6-11(13(21)7-10)9-18-20-14-12(8-17)19-15(22-14)16(2,3)4/h5-7,9,20-21H,1-4H3. The van der Waals surface area contributed by atoms with Crippen molar-refractivity contribution in [2.45, 2.75) is 33.1 Å². The van der Waals surface area contributed by atoms with Gasteiger partial charge >= 0.3 is 0 Å². The number of aromatic nitrogens is 1. The van der Waals surface area contributed by atoms with Crippen molar-refractivity contribution >= 4 is 12.1 Å². The molecule has 0 atom stereocenters. The number of phenols is 1. The van der Waals surface area contributed by atoms with Crippen molar-refractivity contribution in [3.63, 3.8) is 0 Å². The molecule has 0 unspecified atom stereocenters. The van der Waals surface area contributed by atoms with Crippen molar-refractivity contribution in [3.05, 3.63) is 40.9 Å².